The first-order chi connectivity index (χ1) is 10.4. The van der Waals surface area contributed by atoms with Gasteiger partial charge in [-0.3, -0.25) is 4.90 Å². The first-order valence-electron chi connectivity index (χ1n) is 8.15. The van der Waals surface area contributed by atoms with E-state index in [1.54, 1.807) is 7.11 Å². The molecule has 4 nitrogen and oxygen atoms in total. The summed E-state index contributed by atoms with van der Waals surface area (Å²) in [6.45, 7) is 5.12. The first-order valence-corrected chi connectivity index (χ1v) is 8.15. The fourth-order valence-electron chi connectivity index (χ4n) is 3.24. The average molecular weight is 307 g/mol. The minimum absolute atomic E-state index is 0.156. The molecule has 1 aromatic carbocycles. The Kier molecular flexibility index (Phi) is 5.84. The number of methoxy groups -OCH3 is 1. The zero-order valence-corrected chi connectivity index (χ0v) is 14.0. The molecule has 0 atom stereocenters. The molecule has 4 heteroatoms. The molecule has 1 fully saturated rings. The second-order valence-corrected chi connectivity index (χ2v) is 7.03. The maximum atomic E-state index is 10.2. The minimum Gasteiger partial charge on any atom is -0.497 e. The fraction of sp³-hybridized carbons (Fsp3) is 0.667. The van der Waals surface area contributed by atoms with Crippen molar-refractivity contribution in [3.8, 4) is 5.75 Å². The van der Waals surface area contributed by atoms with Gasteiger partial charge in [0.2, 0.25) is 0 Å². The Bertz CT molecular complexity index is 462. The fourth-order valence-corrected chi connectivity index (χ4v) is 3.24. The third-order valence-electron chi connectivity index (χ3n) is 4.29. The normalized spacial score (nSPS) is 22.8. The van der Waals surface area contributed by atoms with Crippen LogP contribution in [0.1, 0.15) is 45.1 Å². The molecule has 0 aliphatic heterocycles. The standard InChI is InChI=1S/C18H29NO3/c1-18(2,21)13-19(15-7-9-16(20)10-8-15)12-14-5-4-6-17(11-14)22-3/h4-6,11,15-16,20-21H,7-10,12-13H2,1-3H3. The Morgan fingerprint density at radius 2 is 1.91 bits per heavy atom. The van der Waals surface area contributed by atoms with E-state index >= 15 is 0 Å². The third-order valence-corrected chi connectivity index (χ3v) is 4.29. The maximum absolute atomic E-state index is 10.2. The zero-order chi connectivity index (χ0) is 16.2. The number of hydrogen-bond acceptors (Lipinski definition) is 4. The highest BCUT2D eigenvalue weighted by Crippen LogP contribution is 2.26. The van der Waals surface area contributed by atoms with Gasteiger partial charge in [-0.05, 0) is 57.2 Å². The van der Waals surface area contributed by atoms with Crippen molar-refractivity contribution in [3.63, 3.8) is 0 Å². The van der Waals surface area contributed by atoms with Gasteiger partial charge in [0.1, 0.15) is 5.75 Å². The van der Waals surface area contributed by atoms with Gasteiger partial charge >= 0.3 is 0 Å². The van der Waals surface area contributed by atoms with Crippen LogP contribution in [0.25, 0.3) is 0 Å². The summed E-state index contributed by atoms with van der Waals surface area (Å²) in [5, 5.41) is 19.9. The van der Waals surface area contributed by atoms with Crippen LogP contribution >= 0.6 is 0 Å². The molecule has 0 saturated heterocycles. The highest BCUT2D eigenvalue weighted by Gasteiger charge is 2.28. The van der Waals surface area contributed by atoms with E-state index in [0.717, 1.165) is 38.0 Å². The van der Waals surface area contributed by atoms with Crippen molar-refractivity contribution in [2.24, 2.45) is 0 Å². The summed E-state index contributed by atoms with van der Waals surface area (Å²) in [6.07, 6.45) is 3.52. The highest BCUT2D eigenvalue weighted by molar-refractivity contribution is 5.28. The van der Waals surface area contributed by atoms with Crippen LogP contribution in [-0.2, 0) is 6.54 Å². The Labute approximate surface area is 133 Å². The molecule has 2 N–H and O–H groups in total. The highest BCUT2D eigenvalue weighted by atomic mass is 16.5. The second-order valence-electron chi connectivity index (χ2n) is 7.03. The van der Waals surface area contributed by atoms with Gasteiger partial charge in [0, 0.05) is 19.1 Å². The van der Waals surface area contributed by atoms with Crippen LogP contribution in [0.4, 0.5) is 0 Å². The number of hydrogen-bond donors (Lipinski definition) is 2. The quantitative estimate of drug-likeness (QED) is 0.848. The molecule has 2 rings (SSSR count). The SMILES string of the molecule is COc1cccc(CN(CC(C)(C)O)C2CCC(O)CC2)c1. The van der Waals surface area contributed by atoms with Gasteiger partial charge in [-0.2, -0.15) is 0 Å². The molecular weight excluding hydrogens is 278 g/mol. The lowest BCUT2D eigenvalue weighted by atomic mass is 9.91. The lowest BCUT2D eigenvalue weighted by molar-refractivity contribution is -0.000809. The lowest BCUT2D eigenvalue weighted by Gasteiger charge is -2.38. The summed E-state index contributed by atoms with van der Waals surface area (Å²) >= 11 is 0. The van der Waals surface area contributed by atoms with Crippen molar-refractivity contribution < 1.29 is 14.9 Å². The van der Waals surface area contributed by atoms with Gasteiger partial charge in [-0.15, -0.1) is 0 Å². The van der Waals surface area contributed by atoms with E-state index in [1.807, 2.05) is 26.0 Å². The van der Waals surface area contributed by atoms with Crippen molar-refractivity contribution >= 4 is 0 Å². The predicted octanol–water partition coefficient (Wildman–Crippen LogP) is 2.57. The number of aliphatic hydroxyl groups is 2. The zero-order valence-electron chi connectivity index (χ0n) is 14.0. The van der Waals surface area contributed by atoms with Crippen LogP contribution in [0.3, 0.4) is 0 Å². The molecule has 0 spiro atoms. The van der Waals surface area contributed by atoms with Crippen LogP contribution in [-0.4, -0.2) is 46.5 Å². The molecule has 0 amide bonds. The van der Waals surface area contributed by atoms with Crippen molar-refractivity contribution in [1.82, 2.24) is 4.90 Å². The second kappa shape index (κ2) is 7.44. The Hall–Kier alpha value is -1.10. The van der Waals surface area contributed by atoms with Crippen LogP contribution < -0.4 is 4.74 Å². The number of ether oxygens (including phenoxy) is 1. The smallest absolute Gasteiger partial charge is 0.119 e. The topological polar surface area (TPSA) is 52.9 Å². The minimum atomic E-state index is -0.727. The maximum Gasteiger partial charge on any atom is 0.119 e. The van der Waals surface area contributed by atoms with Crippen molar-refractivity contribution in [1.29, 1.82) is 0 Å². The Morgan fingerprint density at radius 3 is 2.50 bits per heavy atom. The van der Waals surface area contributed by atoms with E-state index in [1.165, 1.54) is 5.56 Å². The van der Waals surface area contributed by atoms with Gasteiger partial charge in [-0.25, -0.2) is 0 Å². The van der Waals surface area contributed by atoms with E-state index in [0.29, 0.717) is 12.6 Å². The number of aliphatic hydroxyl groups excluding tert-OH is 1. The number of rotatable bonds is 6. The molecule has 1 aromatic rings. The molecule has 0 heterocycles. The number of benzene rings is 1. The summed E-state index contributed by atoms with van der Waals surface area (Å²) in [5.41, 5.74) is 0.462. The summed E-state index contributed by atoms with van der Waals surface area (Å²) < 4.78 is 5.30. The number of nitrogens with zero attached hydrogens (tertiary/aromatic N) is 1. The third kappa shape index (κ3) is 5.27. The molecule has 22 heavy (non-hydrogen) atoms. The van der Waals surface area contributed by atoms with Crippen LogP contribution in [0.5, 0.6) is 5.75 Å². The summed E-state index contributed by atoms with van der Waals surface area (Å²) in [6, 6.07) is 8.51. The van der Waals surface area contributed by atoms with Crippen LogP contribution in [0, 0.1) is 0 Å². The van der Waals surface area contributed by atoms with E-state index in [9.17, 15) is 10.2 Å². The Morgan fingerprint density at radius 1 is 1.23 bits per heavy atom. The first kappa shape index (κ1) is 17.3. The summed E-state index contributed by atoms with van der Waals surface area (Å²) in [7, 11) is 1.68. The molecule has 1 aliphatic rings. The van der Waals surface area contributed by atoms with Gasteiger partial charge in [0.25, 0.3) is 0 Å². The molecule has 0 bridgehead atoms. The van der Waals surface area contributed by atoms with Crippen molar-refractivity contribution in [3.05, 3.63) is 29.8 Å². The van der Waals surface area contributed by atoms with Crippen LogP contribution in [0.15, 0.2) is 24.3 Å². The monoisotopic (exact) mass is 307 g/mol. The molecular formula is C18H29NO3. The molecule has 1 saturated carbocycles. The van der Waals surface area contributed by atoms with E-state index in [4.69, 9.17) is 4.74 Å². The predicted molar refractivity (Wildman–Crippen MR) is 88.0 cm³/mol. The average Bonchev–Trinajstić information content (AvgIpc) is 2.46. The van der Waals surface area contributed by atoms with Gasteiger partial charge < -0.3 is 14.9 Å². The van der Waals surface area contributed by atoms with E-state index < -0.39 is 5.60 Å². The largest absolute Gasteiger partial charge is 0.497 e. The molecule has 124 valence electrons. The van der Waals surface area contributed by atoms with Gasteiger partial charge in [0.05, 0.1) is 18.8 Å². The van der Waals surface area contributed by atoms with Gasteiger partial charge in [-0.1, -0.05) is 12.1 Å². The van der Waals surface area contributed by atoms with Crippen molar-refractivity contribution in [2.75, 3.05) is 13.7 Å². The summed E-state index contributed by atoms with van der Waals surface area (Å²) in [5.74, 6) is 0.861. The molecule has 1 aliphatic carbocycles. The summed E-state index contributed by atoms with van der Waals surface area (Å²) in [4.78, 5) is 2.35. The lowest BCUT2D eigenvalue weighted by Crippen LogP contribution is -2.45. The van der Waals surface area contributed by atoms with E-state index in [2.05, 4.69) is 17.0 Å². The molecule has 0 unspecified atom stereocenters. The van der Waals surface area contributed by atoms with Gasteiger partial charge in [0.15, 0.2) is 0 Å². The van der Waals surface area contributed by atoms with E-state index in [-0.39, 0.29) is 6.10 Å². The van der Waals surface area contributed by atoms with Crippen molar-refractivity contribution in [2.45, 2.75) is 63.8 Å². The molecule has 0 aromatic heterocycles. The molecule has 0 radical (unpaired) electrons. The van der Waals surface area contributed by atoms with Crippen LogP contribution in [0.2, 0.25) is 0 Å². The Balaban J connectivity index is 2.09.